The topological polar surface area (TPSA) is 57.2 Å². The van der Waals surface area contributed by atoms with Gasteiger partial charge in [0, 0.05) is 0 Å². The van der Waals surface area contributed by atoms with Crippen LogP contribution in [0.4, 0.5) is 0 Å². The monoisotopic (exact) mass is 414 g/mol. The fraction of sp³-hybridized carbons (Fsp3) is 0.545. The molecule has 3 nitrogen and oxygen atoms in total. The van der Waals surface area contributed by atoms with E-state index in [1.54, 1.807) is 12.1 Å². The SMILES string of the molecule is CCCCCCc1cc(S(=O)(=O)[O-])cc2c(CCCCCC)cccc12.[K+]. The molecule has 0 aliphatic carbocycles. The van der Waals surface area contributed by atoms with Gasteiger partial charge in [-0.2, -0.15) is 0 Å². The smallest absolute Gasteiger partial charge is 0.744 e. The minimum absolute atomic E-state index is 0. The summed E-state index contributed by atoms with van der Waals surface area (Å²) in [7, 11) is -4.45. The van der Waals surface area contributed by atoms with Gasteiger partial charge in [0.25, 0.3) is 0 Å². The Morgan fingerprint density at radius 2 is 1.37 bits per heavy atom. The van der Waals surface area contributed by atoms with Crippen LogP contribution in [-0.2, 0) is 23.0 Å². The van der Waals surface area contributed by atoms with Crippen LogP contribution in [0.5, 0.6) is 0 Å². The van der Waals surface area contributed by atoms with E-state index in [4.69, 9.17) is 0 Å². The molecule has 0 unspecified atom stereocenters. The predicted molar refractivity (Wildman–Crippen MR) is 108 cm³/mol. The van der Waals surface area contributed by atoms with Crippen molar-refractivity contribution < 1.29 is 64.4 Å². The van der Waals surface area contributed by atoms with E-state index in [9.17, 15) is 13.0 Å². The average molecular weight is 415 g/mol. The van der Waals surface area contributed by atoms with Gasteiger partial charge < -0.3 is 4.55 Å². The minimum Gasteiger partial charge on any atom is -0.744 e. The number of hydrogen-bond acceptors (Lipinski definition) is 3. The molecule has 27 heavy (non-hydrogen) atoms. The van der Waals surface area contributed by atoms with Gasteiger partial charge in [-0.1, -0.05) is 70.6 Å². The first-order valence-corrected chi connectivity index (χ1v) is 11.4. The third-order valence-electron chi connectivity index (χ3n) is 5.03. The molecule has 0 amide bonds. The zero-order valence-corrected chi connectivity index (χ0v) is 21.0. The molecule has 0 saturated heterocycles. The summed E-state index contributed by atoms with van der Waals surface area (Å²) in [5.41, 5.74) is 2.14. The fourth-order valence-electron chi connectivity index (χ4n) is 3.55. The summed E-state index contributed by atoms with van der Waals surface area (Å²) in [5, 5.41) is 2.04. The van der Waals surface area contributed by atoms with Gasteiger partial charge in [-0.25, -0.2) is 8.42 Å². The van der Waals surface area contributed by atoms with Crippen LogP contribution >= 0.6 is 0 Å². The maximum atomic E-state index is 11.7. The molecule has 0 radical (unpaired) electrons. The second kappa shape index (κ2) is 12.7. The van der Waals surface area contributed by atoms with Gasteiger partial charge in [0.15, 0.2) is 0 Å². The number of unbranched alkanes of at least 4 members (excludes halogenated alkanes) is 6. The Morgan fingerprint density at radius 1 is 0.778 bits per heavy atom. The van der Waals surface area contributed by atoms with Gasteiger partial charge in [-0.3, -0.25) is 0 Å². The molecule has 5 heteroatoms. The molecule has 0 fully saturated rings. The fourth-order valence-corrected chi connectivity index (χ4v) is 4.10. The Bertz CT molecular complexity index is 816. The molecule has 0 atom stereocenters. The molecular formula is C22H31KO3S. The van der Waals surface area contributed by atoms with Gasteiger partial charge in [-0.15, -0.1) is 0 Å². The molecule has 0 heterocycles. The second-order valence-corrected chi connectivity index (χ2v) is 8.55. The standard InChI is InChI=1S/C22H32O3S.K/c1-3-5-7-9-12-18-14-11-15-21-19(13-10-8-6-4-2)16-20(17-22(18)21)26(23,24)25;/h11,14-17H,3-10,12-13H2,1-2H3,(H,23,24,25);/q;+1/p-1. The Labute approximate surface area is 207 Å². The van der Waals surface area contributed by atoms with Crippen molar-refractivity contribution in [3.05, 3.63) is 41.5 Å². The van der Waals surface area contributed by atoms with Crippen molar-refractivity contribution >= 4 is 20.9 Å². The molecule has 0 saturated carbocycles. The summed E-state index contributed by atoms with van der Waals surface area (Å²) < 4.78 is 35.0. The van der Waals surface area contributed by atoms with Crippen LogP contribution in [-0.4, -0.2) is 13.0 Å². The minimum atomic E-state index is -4.45. The molecule has 2 aromatic rings. The molecular weight excluding hydrogens is 383 g/mol. The first-order chi connectivity index (χ1) is 12.5. The van der Waals surface area contributed by atoms with Gasteiger partial charge in [0.2, 0.25) is 0 Å². The summed E-state index contributed by atoms with van der Waals surface area (Å²) in [6.45, 7) is 4.36. The zero-order valence-electron chi connectivity index (χ0n) is 17.1. The third-order valence-corrected chi connectivity index (χ3v) is 5.85. The Morgan fingerprint density at radius 3 is 1.93 bits per heavy atom. The number of hydrogen-bond donors (Lipinski definition) is 0. The molecule has 2 rings (SSSR count). The van der Waals surface area contributed by atoms with Crippen molar-refractivity contribution in [3.8, 4) is 0 Å². The van der Waals surface area contributed by atoms with Crippen molar-refractivity contribution in [3.63, 3.8) is 0 Å². The molecule has 0 aromatic heterocycles. The number of benzene rings is 2. The van der Waals surface area contributed by atoms with E-state index < -0.39 is 10.1 Å². The first kappa shape index (κ1) is 25.3. The number of fused-ring (bicyclic) bond motifs is 1. The molecule has 0 spiro atoms. The van der Waals surface area contributed by atoms with E-state index in [1.807, 2.05) is 0 Å². The van der Waals surface area contributed by atoms with Gasteiger partial charge >= 0.3 is 51.4 Å². The quantitative estimate of drug-likeness (QED) is 0.323. The van der Waals surface area contributed by atoms with Crippen LogP contribution in [0, 0.1) is 0 Å². The van der Waals surface area contributed by atoms with Crippen LogP contribution in [0.3, 0.4) is 0 Å². The van der Waals surface area contributed by atoms with E-state index in [-0.39, 0.29) is 56.3 Å². The number of aryl methyl sites for hydroxylation is 2. The molecule has 0 aliphatic heterocycles. The van der Waals surface area contributed by atoms with E-state index in [1.165, 1.54) is 25.7 Å². The molecule has 144 valence electrons. The van der Waals surface area contributed by atoms with Crippen molar-refractivity contribution in [1.82, 2.24) is 0 Å². The van der Waals surface area contributed by atoms with Crippen molar-refractivity contribution in [2.75, 3.05) is 0 Å². The largest absolute Gasteiger partial charge is 1.00 e. The molecule has 0 N–H and O–H groups in total. The van der Waals surface area contributed by atoms with Crippen LogP contribution in [0.2, 0.25) is 0 Å². The van der Waals surface area contributed by atoms with Crippen molar-refractivity contribution in [2.24, 2.45) is 0 Å². The van der Waals surface area contributed by atoms with Gasteiger partial charge in [0.1, 0.15) is 10.1 Å². The van der Waals surface area contributed by atoms with Gasteiger partial charge in [-0.05, 0) is 59.7 Å². The summed E-state index contributed by atoms with van der Waals surface area (Å²) >= 11 is 0. The maximum absolute atomic E-state index is 11.7. The predicted octanol–water partition coefficient (Wildman–Crippen LogP) is 2.99. The summed E-state index contributed by atoms with van der Waals surface area (Å²) in [4.78, 5) is -0.0866. The van der Waals surface area contributed by atoms with E-state index in [2.05, 4.69) is 32.0 Å². The summed E-state index contributed by atoms with van der Waals surface area (Å²) in [6, 6.07) is 9.36. The van der Waals surface area contributed by atoms with Crippen molar-refractivity contribution in [2.45, 2.75) is 83.0 Å². The summed E-state index contributed by atoms with van der Waals surface area (Å²) in [6.07, 6.45) is 10.9. The molecule has 0 aliphatic rings. The molecule has 0 bridgehead atoms. The van der Waals surface area contributed by atoms with Crippen LogP contribution in [0.1, 0.15) is 76.3 Å². The van der Waals surface area contributed by atoms with Crippen LogP contribution < -0.4 is 51.4 Å². The third kappa shape index (κ3) is 7.88. The van der Waals surface area contributed by atoms with Crippen LogP contribution in [0.25, 0.3) is 10.8 Å². The van der Waals surface area contributed by atoms with E-state index >= 15 is 0 Å². The first-order valence-electron chi connectivity index (χ1n) is 9.97. The van der Waals surface area contributed by atoms with Crippen LogP contribution in [0.15, 0.2) is 35.2 Å². The average Bonchev–Trinajstić information content (AvgIpc) is 2.61. The van der Waals surface area contributed by atoms with E-state index in [0.717, 1.165) is 60.4 Å². The van der Waals surface area contributed by atoms with Crippen molar-refractivity contribution in [1.29, 1.82) is 0 Å². The van der Waals surface area contributed by atoms with Gasteiger partial charge in [0.05, 0.1) is 4.90 Å². The number of rotatable bonds is 11. The maximum Gasteiger partial charge on any atom is 1.00 e. The molecule has 2 aromatic carbocycles. The zero-order chi connectivity index (χ0) is 19.0. The Balaban J connectivity index is 0.00000364. The Kier molecular flexibility index (Phi) is 11.9. The van der Waals surface area contributed by atoms with E-state index in [0.29, 0.717) is 0 Å². The normalized spacial score (nSPS) is 11.5. The summed E-state index contributed by atoms with van der Waals surface area (Å²) in [5.74, 6) is 0. The Hall–Kier alpha value is 0.246. The second-order valence-electron chi connectivity index (χ2n) is 7.17.